The van der Waals surface area contributed by atoms with Gasteiger partial charge >= 0.3 is 6.09 Å². The number of aliphatic imine (C=N–C) groups is 1. The molecular weight excluding hydrogens is 356 g/mol. The minimum atomic E-state index is -0.478. The molecule has 7 heteroatoms. The summed E-state index contributed by atoms with van der Waals surface area (Å²) in [4.78, 5) is 15.8. The molecule has 0 radical (unpaired) electrons. The molecule has 0 aliphatic carbocycles. The van der Waals surface area contributed by atoms with Crippen molar-refractivity contribution in [3.05, 3.63) is 35.4 Å². The fourth-order valence-corrected chi connectivity index (χ4v) is 2.22. The molecule has 0 unspecified atom stereocenters. The summed E-state index contributed by atoms with van der Waals surface area (Å²) in [5, 5.41) is 9.25. The molecule has 0 aliphatic rings. The number of rotatable bonds is 9. The Labute approximate surface area is 169 Å². The van der Waals surface area contributed by atoms with Gasteiger partial charge in [0.1, 0.15) is 5.60 Å². The number of carbonyl (C=O) groups excluding carboxylic acids is 1. The largest absolute Gasteiger partial charge is 0.444 e. The topological polar surface area (TPSA) is 84.0 Å². The summed E-state index contributed by atoms with van der Waals surface area (Å²) in [7, 11) is 1.74. The van der Waals surface area contributed by atoms with Crippen molar-refractivity contribution < 1.29 is 14.3 Å². The van der Waals surface area contributed by atoms with Gasteiger partial charge in [0.2, 0.25) is 0 Å². The number of benzene rings is 1. The van der Waals surface area contributed by atoms with Crippen LogP contribution < -0.4 is 16.0 Å². The number of carbonyl (C=O) groups is 1. The Bertz CT molecular complexity index is 607. The quantitative estimate of drug-likeness (QED) is 0.341. The zero-order valence-corrected chi connectivity index (χ0v) is 18.1. The molecule has 7 nitrogen and oxygen atoms in total. The third-order valence-corrected chi connectivity index (χ3v) is 3.60. The maximum atomic E-state index is 11.6. The SMILES string of the molecule is CN=C(NCCCNC(=O)OC(C)(C)C)NCc1ccc(COC(C)C)cc1. The van der Waals surface area contributed by atoms with Crippen LogP contribution in [0.2, 0.25) is 0 Å². The number of amides is 1. The molecule has 1 rings (SSSR count). The Kier molecular flexibility index (Phi) is 10.4. The Hall–Kier alpha value is -2.28. The van der Waals surface area contributed by atoms with Crippen LogP contribution in [0, 0.1) is 0 Å². The van der Waals surface area contributed by atoms with E-state index in [-0.39, 0.29) is 6.10 Å². The van der Waals surface area contributed by atoms with Crippen LogP contribution >= 0.6 is 0 Å². The average Bonchev–Trinajstić information content (AvgIpc) is 2.61. The Morgan fingerprint density at radius 3 is 2.21 bits per heavy atom. The van der Waals surface area contributed by atoms with Crippen LogP contribution in [0.25, 0.3) is 0 Å². The molecule has 158 valence electrons. The molecule has 0 saturated carbocycles. The second-order valence-electron chi connectivity index (χ2n) is 7.81. The van der Waals surface area contributed by atoms with Crippen LogP contribution in [0.1, 0.15) is 52.2 Å². The van der Waals surface area contributed by atoms with Crippen LogP contribution in [0.4, 0.5) is 4.79 Å². The van der Waals surface area contributed by atoms with E-state index < -0.39 is 11.7 Å². The lowest BCUT2D eigenvalue weighted by Gasteiger charge is -2.19. The normalized spacial score (nSPS) is 12.0. The fourth-order valence-electron chi connectivity index (χ4n) is 2.22. The molecule has 0 saturated heterocycles. The molecule has 1 amide bonds. The van der Waals surface area contributed by atoms with Crippen LogP contribution in [0.3, 0.4) is 0 Å². The Morgan fingerprint density at radius 1 is 1.04 bits per heavy atom. The minimum Gasteiger partial charge on any atom is -0.444 e. The van der Waals surface area contributed by atoms with Gasteiger partial charge in [-0.3, -0.25) is 4.99 Å². The maximum Gasteiger partial charge on any atom is 0.407 e. The van der Waals surface area contributed by atoms with E-state index in [2.05, 4.69) is 45.2 Å². The predicted octanol–water partition coefficient (Wildman–Crippen LogP) is 3.19. The lowest BCUT2D eigenvalue weighted by molar-refractivity contribution is 0.0527. The molecular formula is C21H36N4O3. The highest BCUT2D eigenvalue weighted by atomic mass is 16.6. The van der Waals surface area contributed by atoms with E-state index in [0.717, 1.165) is 17.9 Å². The summed E-state index contributed by atoms with van der Waals surface area (Å²) in [5.74, 6) is 0.726. The van der Waals surface area contributed by atoms with Crippen molar-refractivity contribution in [2.24, 2.45) is 4.99 Å². The van der Waals surface area contributed by atoms with Gasteiger partial charge in [-0.05, 0) is 52.2 Å². The molecule has 28 heavy (non-hydrogen) atoms. The van der Waals surface area contributed by atoms with E-state index in [1.165, 1.54) is 5.56 Å². The standard InChI is InChI=1S/C21H36N4O3/c1-16(2)27-15-18-10-8-17(9-11-18)14-25-19(22-6)23-12-7-13-24-20(26)28-21(3,4)5/h8-11,16H,7,12-15H2,1-6H3,(H,24,26)(H2,22,23,25). The van der Waals surface area contributed by atoms with E-state index in [1.54, 1.807) is 7.05 Å². The lowest BCUT2D eigenvalue weighted by Crippen LogP contribution is -2.39. The van der Waals surface area contributed by atoms with Gasteiger partial charge in [0.25, 0.3) is 0 Å². The first-order chi connectivity index (χ1) is 13.2. The monoisotopic (exact) mass is 392 g/mol. The van der Waals surface area contributed by atoms with Crippen LogP contribution in [-0.2, 0) is 22.6 Å². The highest BCUT2D eigenvalue weighted by Gasteiger charge is 2.15. The summed E-state index contributed by atoms with van der Waals surface area (Å²) in [5.41, 5.74) is 1.86. The summed E-state index contributed by atoms with van der Waals surface area (Å²) in [6.45, 7) is 12.1. The first-order valence-electron chi connectivity index (χ1n) is 9.80. The van der Waals surface area contributed by atoms with Gasteiger partial charge in [-0.25, -0.2) is 4.79 Å². The third-order valence-electron chi connectivity index (χ3n) is 3.60. The van der Waals surface area contributed by atoms with Gasteiger partial charge in [0, 0.05) is 26.7 Å². The average molecular weight is 393 g/mol. The summed E-state index contributed by atoms with van der Waals surface area (Å²) in [6, 6.07) is 8.34. The number of ether oxygens (including phenoxy) is 2. The second-order valence-corrected chi connectivity index (χ2v) is 7.81. The first kappa shape index (κ1) is 23.8. The van der Waals surface area contributed by atoms with Crippen molar-refractivity contribution in [3.63, 3.8) is 0 Å². The minimum absolute atomic E-state index is 0.232. The second kappa shape index (κ2) is 12.2. The van der Waals surface area contributed by atoms with Gasteiger partial charge in [-0.15, -0.1) is 0 Å². The van der Waals surface area contributed by atoms with E-state index in [4.69, 9.17) is 9.47 Å². The maximum absolute atomic E-state index is 11.6. The van der Waals surface area contributed by atoms with Gasteiger partial charge < -0.3 is 25.4 Å². The number of guanidine groups is 1. The van der Waals surface area contributed by atoms with Gasteiger partial charge in [0.15, 0.2) is 5.96 Å². The molecule has 0 aromatic heterocycles. The van der Waals surface area contributed by atoms with Crippen molar-refractivity contribution in [3.8, 4) is 0 Å². The number of nitrogens with one attached hydrogen (secondary N) is 3. The lowest BCUT2D eigenvalue weighted by atomic mass is 10.1. The summed E-state index contributed by atoms with van der Waals surface area (Å²) in [6.07, 6.45) is 0.608. The molecule has 1 aromatic rings. The van der Waals surface area contributed by atoms with Gasteiger partial charge in [0.05, 0.1) is 12.7 Å². The number of nitrogens with zero attached hydrogens (tertiary/aromatic N) is 1. The van der Waals surface area contributed by atoms with E-state index in [1.807, 2.05) is 34.6 Å². The Balaban J connectivity index is 2.24. The molecule has 0 spiro atoms. The smallest absolute Gasteiger partial charge is 0.407 e. The zero-order valence-electron chi connectivity index (χ0n) is 18.1. The molecule has 0 fully saturated rings. The van der Waals surface area contributed by atoms with Crippen molar-refractivity contribution in [2.45, 2.75) is 65.9 Å². The number of hydrogen-bond donors (Lipinski definition) is 3. The zero-order chi connectivity index (χ0) is 21.0. The fraction of sp³-hybridized carbons (Fsp3) is 0.619. The number of alkyl carbamates (subject to hydrolysis) is 1. The highest BCUT2D eigenvalue weighted by Crippen LogP contribution is 2.07. The number of hydrogen-bond acceptors (Lipinski definition) is 4. The predicted molar refractivity (Wildman–Crippen MR) is 113 cm³/mol. The van der Waals surface area contributed by atoms with E-state index in [9.17, 15) is 4.79 Å². The van der Waals surface area contributed by atoms with Crippen molar-refractivity contribution >= 4 is 12.1 Å². The first-order valence-corrected chi connectivity index (χ1v) is 9.80. The molecule has 1 aromatic carbocycles. The van der Waals surface area contributed by atoms with Crippen LogP contribution in [-0.4, -0.2) is 43.9 Å². The highest BCUT2D eigenvalue weighted by molar-refractivity contribution is 5.79. The van der Waals surface area contributed by atoms with Gasteiger partial charge in [-0.2, -0.15) is 0 Å². The Morgan fingerprint density at radius 2 is 1.64 bits per heavy atom. The van der Waals surface area contributed by atoms with Crippen molar-refractivity contribution in [2.75, 3.05) is 20.1 Å². The van der Waals surface area contributed by atoms with Crippen LogP contribution in [0.15, 0.2) is 29.3 Å². The molecule has 3 N–H and O–H groups in total. The molecule has 0 heterocycles. The van der Waals surface area contributed by atoms with Gasteiger partial charge in [-0.1, -0.05) is 24.3 Å². The summed E-state index contributed by atoms with van der Waals surface area (Å²) >= 11 is 0. The van der Waals surface area contributed by atoms with Crippen molar-refractivity contribution in [1.82, 2.24) is 16.0 Å². The molecule has 0 bridgehead atoms. The van der Waals surface area contributed by atoms with Crippen LogP contribution in [0.5, 0.6) is 0 Å². The van der Waals surface area contributed by atoms with Crippen molar-refractivity contribution in [1.29, 1.82) is 0 Å². The molecule has 0 atom stereocenters. The molecule has 0 aliphatic heterocycles. The summed E-state index contributed by atoms with van der Waals surface area (Å²) < 4.78 is 10.8. The van der Waals surface area contributed by atoms with E-state index in [0.29, 0.717) is 26.2 Å². The third kappa shape index (κ3) is 11.4. The van der Waals surface area contributed by atoms with E-state index >= 15 is 0 Å².